The Labute approximate surface area is 175 Å². The van der Waals surface area contributed by atoms with Gasteiger partial charge in [-0.3, -0.25) is 0 Å². The molecule has 4 nitrogen and oxygen atoms in total. The first-order valence-corrected chi connectivity index (χ1v) is 9.60. The van der Waals surface area contributed by atoms with Gasteiger partial charge < -0.3 is 10.1 Å². The first kappa shape index (κ1) is 19.2. The number of nitrogens with one attached hydrogen (secondary N) is 1. The number of ether oxygens (including phenoxy) is 1. The highest BCUT2D eigenvalue weighted by Gasteiger charge is 2.05. The largest absolute Gasteiger partial charge is 0.464 e. The number of methoxy groups -OCH3 is 1. The van der Waals surface area contributed by atoms with Crippen molar-refractivity contribution in [1.82, 2.24) is 4.98 Å². The van der Waals surface area contributed by atoms with Crippen molar-refractivity contribution in [2.24, 2.45) is 0 Å². The number of hydrogen-bond acceptors (Lipinski definition) is 4. The van der Waals surface area contributed by atoms with Crippen LogP contribution in [0.2, 0.25) is 0 Å². The van der Waals surface area contributed by atoms with Crippen LogP contribution < -0.4 is 5.32 Å². The molecule has 0 saturated carbocycles. The Hall–Kier alpha value is -4.10. The predicted octanol–water partition coefficient (Wildman–Crippen LogP) is 5.03. The number of rotatable bonds is 4. The van der Waals surface area contributed by atoms with Crippen molar-refractivity contribution in [3.8, 4) is 11.8 Å². The highest BCUT2D eigenvalue weighted by molar-refractivity contribution is 5.87. The maximum Gasteiger partial charge on any atom is 0.356 e. The van der Waals surface area contributed by atoms with E-state index in [0.717, 1.165) is 16.8 Å². The van der Waals surface area contributed by atoms with E-state index in [1.165, 1.54) is 23.4 Å². The van der Waals surface area contributed by atoms with Gasteiger partial charge >= 0.3 is 5.97 Å². The van der Waals surface area contributed by atoms with Crippen LogP contribution in [0.4, 0.5) is 5.69 Å². The molecule has 4 heteroatoms. The molecule has 0 atom stereocenters. The molecule has 0 aliphatic heterocycles. The van der Waals surface area contributed by atoms with Crippen molar-refractivity contribution < 1.29 is 9.53 Å². The highest BCUT2D eigenvalue weighted by Crippen LogP contribution is 2.19. The standard InChI is InChI=1S/C26H20N2O2/c1-30-26(29)25-15-12-19(17-28-25)10-14-22-7-4-5-9-24(22)27-18-20-11-13-21-6-2-3-8-23(21)16-20/h2-9,11-13,15-17,27H,18H2,1H3. The Morgan fingerprint density at radius 1 is 0.933 bits per heavy atom. The minimum absolute atomic E-state index is 0.264. The zero-order valence-corrected chi connectivity index (χ0v) is 16.6. The molecule has 0 radical (unpaired) electrons. The maximum absolute atomic E-state index is 11.5. The van der Waals surface area contributed by atoms with Gasteiger partial charge in [-0.2, -0.15) is 0 Å². The Balaban J connectivity index is 1.50. The number of carbonyl (C=O) groups excluding carboxylic acids is 1. The monoisotopic (exact) mass is 392 g/mol. The number of anilines is 1. The van der Waals surface area contributed by atoms with Gasteiger partial charge in [0.2, 0.25) is 0 Å². The smallest absolute Gasteiger partial charge is 0.356 e. The quantitative estimate of drug-likeness (QED) is 0.391. The number of nitrogens with zero attached hydrogens (tertiary/aromatic N) is 1. The van der Waals surface area contributed by atoms with E-state index in [9.17, 15) is 4.79 Å². The third-order valence-corrected chi connectivity index (χ3v) is 4.72. The van der Waals surface area contributed by atoms with Crippen LogP contribution in [-0.4, -0.2) is 18.1 Å². The summed E-state index contributed by atoms with van der Waals surface area (Å²) < 4.78 is 4.66. The predicted molar refractivity (Wildman–Crippen MR) is 119 cm³/mol. The van der Waals surface area contributed by atoms with E-state index in [1.807, 2.05) is 30.3 Å². The molecule has 4 rings (SSSR count). The molecule has 1 heterocycles. The maximum atomic E-state index is 11.5. The number of hydrogen-bond donors (Lipinski definition) is 1. The van der Waals surface area contributed by atoms with E-state index in [2.05, 4.69) is 63.3 Å². The third kappa shape index (κ3) is 4.48. The molecule has 146 valence electrons. The molecule has 3 aromatic carbocycles. The van der Waals surface area contributed by atoms with E-state index in [4.69, 9.17) is 0 Å². The molecule has 0 bridgehead atoms. The molecule has 30 heavy (non-hydrogen) atoms. The minimum Gasteiger partial charge on any atom is -0.464 e. The van der Waals surface area contributed by atoms with Gasteiger partial charge in [0.1, 0.15) is 5.69 Å². The average Bonchev–Trinajstić information content (AvgIpc) is 2.81. The van der Waals surface area contributed by atoms with Crippen molar-refractivity contribution in [3.05, 3.63) is 107 Å². The van der Waals surface area contributed by atoms with Gasteiger partial charge in [0, 0.05) is 23.9 Å². The fourth-order valence-electron chi connectivity index (χ4n) is 3.12. The average molecular weight is 392 g/mol. The number of pyridine rings is 1. The summed E-state index contributed by atoms with van der Waals surface area (Å²) in [5, 5.41) is 5.95. The van der Waals surface area contributed by atoms with Crippen LogP contribution >= 0.6 is 0 Å². The lowest BCUT2D eigenvalue weighted by Gasteiger charge is -2.09. The van der Waals surface area contributed by atoms with Crippen molar-refractivity contribution in [1.29, 1.82) is 0 Å². The van der Waals surface area contributed by atoms with Gasteiger partial charge in [0.25, 0.3) is 0 Å². The summed E-state index contributed by atoms with van der Waals surface area (Å²) in [6.07, 6.45) is 1.57. The summed E-state index contributed by atoms with van der Waals surface area (Å²) in [6, 6.07) is 26.1. The molecule has 1 N–H and O–H groups in total. The normalized spacial score (nSPS) is 10.2. The van der Waals surface area contributed by atoms with Crippen LogP contribution in [0.5, 0.6) is 0 Å². The van der Waals surface area contributed by atoms with Crippen LogP contribution in [0.25, 0.3) is 10.8 Å². The van der Waals surface area contributed by atoms with Gasteiger partial charge in [-0.1, -0.05) is 60.4 Å². The first-order chi connectivity index (χ1) is 14.7. The van der Waals surface area contributed by atoms with Crippen molar-refractivity contribution >= 4 is 22.4 Å². The highest BCUT2D eigenvalue weighted by atomic mass is 16.5. The third-order valence-electron chi connectivity index (χ3n) is 4.72. The SMILES string of the molecule is COC(=O)c1ccc(C#Cc2ccccc2NCc2ccc3ccccc3c2)cn1. The van der Waals surface area contributed by atoms with Gasteiger partial charge in [-0.05, 0) is 46.7 Å². The van der Waals surface area contributed by atoms with E-state index < -0.39 is 5.97 Å². The molecule has 0 aliphatic carbocycles. The molecular formula is C26H20N2O2. The van der Waals surface area contributed by atoms with Crippen LogP contribution in [0, 0.1) is 11.8 Å². The van der Waals surface area contributed by atoms with Crippen molar-refractivity contribution in [3.63, 3.8) is 0 Å². The second kappa shape index (κ2) is 8.93. The van der Waals surface area contributed by atoms with E-state index in [1.54, 1.807) is 18.3 Å². The van der Waals surface area contributed by atoms with Crippen LogP contribution in [0.3, 0.4) is 0 Å². The topological polar surface area (TPSA) is 51.2 Å². The van der Waals surface area contributed by atoms with Gasteiger partial charge in [-0.25, -0.2) is 9.78 Å². The number of para-hydroxylation sites is 1. The Morgan fingerprint density at radius 2 is 1.73 bits per heavy atom. The summed E-state index contributed by atoms with van der Waals surface area (Å²) in [4.78, 5) is 15.6. The number of esters is 1. The Bertz CT molecular complexity index is 1250. The molecule has 0 fully saturated rings. The summed E-state index contributed by atoms with van der Waals surface area (Å²) in [7, 11) is 1.33. The summed E-state index contributed by atoms with van der Waals surface area (Å²) in [5.74, 6) is 5.83. The van der Waals surface area contributed by atoms with Crippen molar-refractivity contribution in [2.45, 2.75) is 6.54 Å². The number of carbonyl (C=O) groups is 1. The zero-order chi connectivity index (χ0) is 20.8. The van der Waals surface area contributed by atoms with Crippen molar-refractivity contribution in [2.75, 3.05) is 12.4 Å². The lowest BCUT2D eigenvalue weighted by Crippen LogP contribution is -2.03. The zero-order valence-electron chi connectivity index (χ0n) is 16.6. The fraction of sp³-hybridized carbons (Fsp3) is 0.0769. The van der Waals surface area contributed by atoms with E-state index in [0.29, 0.717) is 6.54 Å². The second-order valence-corrected chi connectivity index (χ2v) is 6.75. The Morgan fingerprint density at radius 3 is 2.53 bits per heavy atom. The Kier molecular flexibility index (Phi) is 5.73. The molecule has 1 aromatic heterocycles. The second-order valence-electron chi connectivity index (χ2n) is 6.75. The number of fused-ring (bicyclic) bond motifs is 1. The molecule has 0 aliphatic rings. The lowest BCUT2D eigenvalue weighted by molar-refractivity contribution is 0.0594. The molecule has 0 unspecified atom stereocenters. The lowest BCUT2D eigenvalue weighted by atomic mass is 10.1. The first-order valence-electron chi connectivity index (χ1n) is 9.60. The molecular weight excluding hydrogens is 372 g/mol. The summed E-state index contributed by atoms with van der Waals surface area (Å²) in [5.41, 5.74) is 4.07. The molecule has 0 saturated heterocycles. The number of benzene rings is 3. The van der Waals surface area contributed by atoms with E-state index >= 15 is 0 Å². The van der Waals surface area contributed by atoms with Crippen LogP contribution in [0.1, 0.15) is 27.2 Å². The van der Waals surface area contributed by atoms with Gasteiger partial charge in [0.05, 0.1) is 12.8 Å². The number of aromatic nitrogens is 1. The minimum atomic E-state index is -0.460. The van der Waals surface area contributed by atoms with Gasteiger partial charge in [-0.15, -0.1) is 0 Å². The van der Waals surface area contributed by atoms with Crippen LogP contribution in [-0.2, 0) is 11.3 Å². The summed E-state index contributed by atoms with van der Waals surface area (Å²) in [6.45, 7) is 0.707. The van der Waals surface area contributed by atoms with Crippen LogP contribution in [0.15, 0.2) is 85.1 Å². The van der Waals surface area contributed by atoms with E-state index in [-0.39, 0.29) is 5.69 Å². The fourth-order valence-corrected chi connectivity index (χ4v) is 3.12. The molecule has 0 spiro atoms. The summed E-state index contributed by atoms with van der Waals surface area (Å²) >= 11 is 0. The van der Waals surface area contributed by atoms with Gasteiger partial charge in [0.15, 0.2) is 0 Å². The molecule has 4 aromatic rings. The molecule has 0 amide bonds.